The number of nitrogens with one attached hydrogen (secondary N) is 1. The molecular formula is C15H21N3O2. The molecule has 0 aromatic carbocycles. The van der Waals surface area contributed by atoms with Crippen molar-refractivity contribution in [3.05, 3.63) is 30.1 Å². The summed E-state index contributed by atoms with van der Waals surface area (Å²) >= 11 is 0. The van der Waals surface area contributed by atoms with E-state index in [1.54, 1.807) is 19.3 Å². The first-order valence-electron chi connectivity index (χ1n) is 7.14. The topological polar surface area (TPSA) is 62.3 Å². The lowest BCUT2D eigenvalue weighted by Crippen LogP contribution is -2.46. The van der Waals surface area contributed by atoms with Crippen LogP contribution in [0.1, 0.15) is 31.7 Å². The first-order valence-corrected chi connectivity index (χ1v) is 7.14. The zero-order valence-corrected chi connectivity index (χ0v) is 11.8. The van der Waals surface area contributed by atoms with Gasteiger partial charge in [0.15, 0.2) is 0 Å². The number of aromatic nitrogens is 1. The van der Waals surface area contributed by atoms with Crippen LogP contribution >= 0.6 is 0 Å². The highest BCUT2D eigenvalue weighted by atomic mass is 16.2. The summed E-state index contributed by atoms with van der Waals surface area (Å²) in [5.41, 5.74) is 1.03. The minimum Gasteiger partial charge on any atom is -0.345 e. The number of hydrogen-bond acceptors (Lipinski definition) is 3. The van der Waals surface area contributed by atoms with Gasteiger partial charge in [-0.25, -0.2) is 0 Å². The van der Waals surface area contributed by atoms with Crippen LogP contribution in [0.4, 0.5) is 0 Å². The number of carbonyl (C=O) groups excluding carboxylic acids is 2. The van der Waals surface area contributed by atoms with Crippen LogP contribution in [0.15, 0.2) is 24.5 Å². The molecule has 2 rings (SSSR count). The molecule has 1 aliphatic heterocycles. The monoisotopic (exact) mass is 275 g/mol. The average Bonchev–Trinajstić information content (AvgIpc) is 2.99. The molecule has 1 aliphatic rings. The SMILES string of the molecule is CC(NC(=O)CCc1cccnc1)C(=O)N1CCCC1. The largest absolute Gasteiger partial charge is 0.345 e. The van der Waals surface area contributed by atoms with Crippen LogP contribution in [0.5, 0.6) is 0 Å². The summed E-state index contributed by atoms with van der Waals surface area (Å²) in [5, 5.41) is 2.78. The molecular weight excluding hydrogens is 254 g/mol. The van der Waals surface area contributed by atoms with Crippen LogP contribution in [0.3, 0.4) is 0 Å². The zero-order valence-electron chi connectivity index (χ0n) is 11.8. The molecule has 0 bridgehead atoms. The Hall–Kier alpha value is -1.91. The summed E-state index contributed by atoms with van der Waals surface area (Å²) in [7, 11) is 0. The second kappa shape index (κ2) is 7.03. The molecule has 1 saturated heterocycles. The summed E-state index contributed by atoms with van der Waals surface area (Å²) < 4.78 is 0. The predicted octanol–water partition coefficient (Wildman–Crippen LogP) is 1.14. The van der Waals surface area contributed by atoms with Crippen molar-refractivity contribution in [2.24, 2.45) is 0 Å². The van der Waals surface area contributed by atoms with Crippen molar-refractivity contribution in [2.45, 2.75) is 38.6 Å². The van der Waals surface area contributed by atoms with E-state index in [1.807, 2.05) is 17.0 Å². The Morgan fingerprint density at radius 1 is 1.40 bits per heavy atom. The molecule has 0 radical (unpaired) electrons. The molecule has 1 aromatic heterocycles. The maximum Gasteiger partial charge on any atom is 0.244 e. The lowest BCUT2D eigenvalue weighted by atomic mass is 10.1. The number of hydrogen-bond donors (Lipinski definition) is 1. The first kappa shape index (κ1) is 14.5. The van der Waals surface area contributed by atoms with Gasteiger partial charge in [-0.1, -0.05) is 6.07 Å². The van der Waals surface area contributed by atoms with Crippen molar-refractivity contribution in [1.82, 2.24) is 15.2 Å². The molecule has 0 saturated carbocycles. The van der Waals surface area contributed by atoms with E-state index >= 15 is 0 Å². The summed E-state index contributed by atoms with van der Waals surface area (Å²) in [6, 6.07) is 3.36. The zero-order chi connectivity index (χ0) is 14.4. The lowest BCUT2D eigenvalue weighted by molar-refractivity contribution is -0.135. The maximum atomic E-state index is 12.1. The molecule has 5 heteroatoms. The molecule has 2 amide bonds. The number of carbonyl (C=O) groups is 2. The van der Waals surface area contributed by atoms with Gasteiger partial charge in [-0.3, -0.25) is 14.6 Å². The van der Waals surface area contributed by atoms with Gasteiger partial charge in [0.05, 0.1) is 0 Å². The third-order valence-electron chi connectivity index (χ3n) is 3.53. The highest BCUT2D eigenvalue weighted by molar-refractivity contribution is 5.87. The van der Waals surface area contributed by atoms with Crippen LogP contribution in [-0.2, 0) is 16.0 Å². The molecule has 1 aromatic rings. The van der Waals surface area contributed by atoms with Crippen LogP contribution in [0.25, 0.3) is 0 Å². The Morgan fingerprint density at radius 3 is 2.80 bits per heavy atom. The Bertz CT molecular complexity index is 455. The smallest absolute Gasteiger partial charge is 0.244 e. The fourth-order valence-electron chi connectivity index (χ4n) is 2.39. The summed E-state index contributed by atoms with van der Waals surface area (Å²) in [6.07, 6.45) is 6.61. The van der Waals surface area contributed by atoms with E-state index in [1.165, 1.54) is 0 Å². The Labute approximate surface area is 119 Å². The van der Waals surface area contributed by atoms with E-state index < -0.39 is 6.04 Å². The van der Waals surface area contributed by atoms with Gasteiger partial charge in [0.25, 0.3) is 0 Å². The molecule has 0 spiro atoms. The molecule has 1 atom stereocenters. The van der Waals surface area contributed by atoms with E-state index in [9.17, 15) is 9.59 Å². The lowest BCUT2D eigenvalue weighted by Gasteiger charge is -2.21. The Morgan fingerprint density at radius 2 is 2.15 bits per heavy atom. The van der Waals surface area contributed by atoms with Crippen LogP contribution < -0.4 is 5.32 Å². The third kappa shape index (κ3) is 4.05. The second-order valence-corrected chi connectivity index (χ2v) is 5.18. The van der Waals surface area contributed by atoms with Crippen molar-refractivity contribution in [3.63, 3.8) is 0 Å². The van der Waals surface area contributed by atoms with Gasteiger partial charge in [-0.2, -0.15) is 0 Å². The van der Waals surface area contributed by atoms with Crippen LogP contribution in [0.2, 0.25) is 0 Å². The summed E-state index contributed by atoms with van der Waals surface area (Å²) in [6.45, 7) is 3.38. The van der Waals surface area contributed by atoms with Crippen LogP contribution in [0, 0.1) is 0 Å². The molecule has 1 N–H and O–H groups in total. The number of rotatable bonds is 5. The second-order valence-electron chi connectivity index (χ2n) is 5.18. The molecule has 2 heterocycles. The van der Waals surface area contributed by atoms with Gasteiger partial charge in [0.2, 0.25) is 11.8 Å². The van der Waals surface area contributed by atoms with Gasteiger partial charge in [0.1, 0.15) is 6.04 Å². The molecule has 108 valence electrons. The standard InChI is InChI=1S/C15H21N3O2/c1-12(15(20)18-9-2-3-10-18)17-14(19)7-6-13-5-4-8-16-11-13/h4-5,8,11-12H,2-3,6-7,9-10H2,1H3,(H,17,19). The average molecular weight is 275 g/mol. The van der Waals surface area contributed by atoms with E-state index in [4.69, 9.17) is 0 Å². The van der Waals surface area contributed by atoms with Crippen molar-refractivity contribution in [2.75, 3.05) is 13.1 Å². The molecule has 5 nitrogen and oxygen atoms in total. The highest BCUT2D eigenvalue weighted by Crippen LogP contribution is 2.09. The van der Waals surface area contributed by atoms with Crippen LogP contribution in [-0.4, -0.2) is 40.8 Å². The minimum absolute atomic E-state index is 0.0252. The van der Waals surface area contributed by atoms with E-state index in [-0.39, 0.29) is 11.8 Å². The predicted molar refractivity (Wildman–Crippen MR) is 76.0 cm³/mol. The van der Waals surface area contributed by atoms with Gasteiger partial charge < -0.3 is 10.2 Å². The van der Waals surface area contributed by atoms with Gasteiger partial charge in [0, 0.05) is 31.9 Å². The van der Waals surface area contributed by atoms with Crippen molar-refractivity contribution >= 4 is 11.8 Å². The number of amides is 2. The number of pyridine rings is 1. The Kier molecular flexibility index (Phi) is 5.09. The minimum atomic E-state index is -0.436. The normalized spacial score (nSPS) is 15.9. The third-order valence-corrected chi connectivity index (χ3v) is 3.53. The van der Waals surface area contributed by atoms with Crippen molar-refractivity contribution in [1.29, 1.82) is 0 Å². The fourth-order valence-corrected chi connectivity index (χ4v) is 2.39. The first-order chi connectivity index (χ1) is 9.66. The maximum absolute atomic E-state index is 12.1. The van der Waals surface area contributed by atoms with Gasteiger partial charge in [-0.15, -0.1) is 0 Å². The molecule has 20 heavy (non-hydrogen) atoms. The quantitative estimate of drug-likeness (QED) is 0.876. The fraction of sp³-hybridized carbons (Fsp3) is 0.533. The van der Waals surface area contributed by atoms with Crippen molar-refractivity contribution < 1.29 is 9.59 Å². The molecule has 1 fully saturated rings. The van der Waals surface area contributed by atoms with E-state index in [2.05, 4.69) is 10.3 Å². The molecule has 0 aliphatic carbocycles. The summed E-state index contributed by atoms with van der Waals surface area (Å²) in [5.74, 6) is -0.0638. The number of aryl methyl sites for hydroxylation is 1. The van der Waals surface area contributed by atoms with Gasteiger partial charge >= 0.3 is 0 Å². The number of likely N-dealkylation sites (tertiary alicyclic amines) is 1. The molecule has 1 unspecified atom stereocenters. The Balaban J connectivity index is 1.74. The van der Waals surface area contributed by atoms with Crippen molar-refractivity contribution in [3.8, 4) is 0 Å². The van der Waals surface area contributed by atoms with E-state index in [0.29, 0.717) is 12.8 Å². The highest BCUT2D eigenvalue weighted by Gasteiger charge is 2.24. The summed E-state index contributed by atoms with van der Waals surface area (Å²) in [4.78, 5) is 29.7. The van der Waals surface area contributed by atoms with E-state index in [0.717, 1.165) is 31.5 Å². The number of nitrogens with zero attached hydrogens (tertiary/aromatic N) is 2. The van der Waals surface area contributed by atoms with Gasteiger partial charge in [-0.05, 0) is 37.8 Å².